The van der Waals surface area contributed by atoms with E-state index in [9.17, 15) is 9.59 Å². The van der Waals surface area contributed by atoms with Crippen LogP contribution in [-0.2, 0) is 14.3 Å². The predicted molar refractivity (Wildman–Crippen MR) is 67.0 cm³/mol. The van der Waals surface area contributed by atoms with Crippen molar-refractivity contribution in [1.29, 1.82) is 0 Å². The topological polar surface area (TPSA) is 87.7 Å². The summed E-state index contributed by atoms with van der Waals surface area (Å²) in [6, 6.07) is -0.942. The Morgan fingerprint density at radius 2 is 2.06 bits per heavy atom. The van der Waals surface area contributed by atoms with Crippen molar-refractivity contribution >= 4 is 24.4 Å². The molecule has 0 saturated heterocycles. The number of rotatable bonds is 8. The largest absolute Gasteiger partial charge is 0.396 e. The average molecular weight is 264 g/mol. The molecule has 0 saturated carbocycles. The molecule has 0 spiro atoms. The first-order valence-electron chi connectivity index (χ1n) is 5.33. The number of aliphatic hydroxyl groups excluding tert-OH is 1. The second-order valence-electron chi connectivity index (χ2n) is 3.61. The van der Waals surface area contributed by atoms with E-state index < -0.39 is 6.04 Å². The van der Waals surface area contributed by atoms with Crippen molar-refractivity contribution in [2.24, 2.45) is 0 Å². The lowest BCUT2D eigenvalue weighted by Gasteiger charge is -2.21. The third-order valence-electron chi connectivity index (χ3n) is 2.07. The van der Waals surface area contributed by atoms with Gasteiger partial charge in [-0.15, -0.1) is 0 Å². The summed E-state index contributed by atoms with van der Waals surface area (Å²) in [6.07, 6.45) is 0.402. The van der Waals surface area contributed by atoms with Crippen LogP contribution in [-0.4, -0.2) is 55.1 Å². The highest BCUT2D eigenvalue weighted by Crippen LogP contribution is 1.95. The number of nitrogens with one attached hydrogen (secondary N) is 2. The molecule has 0 rings (SSSR count). The quantitative estimate of drug-likeness (QED) is 0.421. The number of amides is 2. The van der Waals surface area contributed by atoms with Crippen LogP contribution in [0.2, 0.25) is 0 Å². The van der Waals surface area contributed by atoms with Gasteiger partial charge in [0.15, 0.2) is 0 Å². The number of hydrogen-bond donors (Lipinski definition) is 4. The molecule has 0 radical (unpaired) electrons. The molecule has 17 heavy (non-hydrogen) atoms. The van der Waals surface area contributed by atoms with Crippen LogP contribution in [0.15, 0.2) is 0 Å². The van der Waals surface area contributed by atoms with Gasteiger partial charge in [0.2, 0.25) is 11.8 Å². The summed E-state index contributed by atoms with van der Waals surface area (Å²) in [7, 11) is 1.51. The molecule has 0 aromatic heterocycles. The smallest absolute Gasteiger partial charge is 0.243 e. The molecule has 0 aliphatic rings. The first-order chi connectivity index (χ1) is 8.04. The van der Waals surface area contributed by atoms with Crippen LogP contribution in [0.25, 0.3) is 0 Å². The van der Waals surface area contributed by atoms with E-state index in [0.717, 1.165) is 0 Å². The molecule has 0 heterocycles. The summed E-state index contributed by atoms with van der Waals surface area (Å²) in [5, 5.41) is 14.0. The van der Waals surface area contributed by atoms with Gasteiger partial charge in [-0.2, -0.15) is 12.6 Å². The van der Waals surface area contributed by atoms with Crippen molar-refractivity contribution in [3.8, 4) is 0 Å². The molecule has 2 amide bonds. The molecule has 0 aliphatic carbocycles. The van der Waals surface area contributed by atoms with Gasteiger partial charge in [0.1, 0.15) is 6.04 Å². The van der Waals surface area contributed by atoms with Gasteiger partial charge in [-0.25, -0.2) is 0 Å². The average Bonchev–Trinajstić information content (AvgIpc) is 2.26. The highest BCUT2D eigenvalue weighted by atomic mass is 32.1. The summed E-state index contributed by atoms with van der Waals surface area (Å²) in [5.74, 6) is -0.403. The van der Waals surface area contributed by atoms with Crippen LogP contribution in [0.1, 0.15) is 13.3 Å². The fourth-order valence-corrected chi connectivity index (χ4v) is 1.55. The Kier molecular flexibility index (Phi) is 8.83. The van der Waals surface area contributed by atoms with E-state index in [1.807, 2.05) is 0 Å². The Balaban J connectivity index is 4.29. The highest BCUT2D eigenvalue weighted by molar-refractivity contribution is 7.80. The number of carbonyl (C=O) groups is 2. The van der Waals surface area contributed by atoms with Gasteiger partial charge in [-0.05, 0) is 6.42 Å². The molecule has 2 atom stereocenters. The fraction of sp³-hybridized carbons (Fsp3) is 0.800. The SMILES string of the molecule is COCC(CCO)NC(=O)C(CS)NC(C)=O. The Labute approximate surface area is 107 Å². The van der Waals surface area contributed by atoms with E-state index in [1.54, 1.807) is 0 Å². The van der Waals surface area contributed by atoms with Crippen molar-refractivity contribution in [2.45, 2.75) is 25.4 Å². The normalized spacial score (nSPS) is 13.9. The lowest BCUT2D eigenvalue weighted by molar-refractivity contribution is -0.128. The molecule has 0 bridgehead atoms. The van der Waals surface area contributed by atoms with E-state index in [4.69, 9.17) is 9.84 Å². The summed E-state index contributed by atoms with van der Waals surface area (Å²) >= 11 is 4.00. The van der Waals surface area contributed by atoms with Gasteiger partial charge in [0, 0.05) is 26.4 Å². The molecular weight excluding hydrogens is 244 g/mol. The van der Waals surface area contributed by atoms with E-state index in [2.05, 4.69) is 23.3 Å². The number of aliphatic hydroxyl groups is 1. The van der Waals surface area contributed by atoms with Crippen molar-refractivity contribution in [1.82, 2.24) is 10.6 Å². The highest BCUT2D eigenvalue weighted by Gasteiger charge is 2.20. The Morgan fingerprint density at radius 1 is 1.41 bits per heavy atom. The molecule has 0 aromatic carbocycles. The van der Waals surface area contributed by atoms with Crippen LogP contribution in [0.5, 0.6) is 0 Å². The molecule has 0 aromatic rings. The van der Waals surface area contributed by atoms with Crippen molar-refractivity contribution in [3.63, 3.8) is 0 Å². The molecule has 3 N–H and O–H groups in total. The van der Waals surface area contributed by atoms with Crippen LogP contribution >= 0.6 is 12.6 Å². The molecule has 7 heteroatoms. The zero-order valence-corrected chi connectivity index (χ0v) is 11.0. The monoisotopic (exact) mass is 264 g/mol. The van der Waals surface area contributed by atoms with Crippen molar-refractivity contribution in [3.05, 3.63) is 0 Å². The second-order valence-corrected chi connectivity index (χ2v) is 3.97. The molecule has 2 unspecified atom stereocenters. The molecule has 6 nitrogen and oxygen atoms in total. The van der Waals surface area contributed by atoms with E-state index in [-0.39, 0.29) is 30.2 Å². The molecular formula is C10H20N2O4S. The van der Waals surface area contributed by atoms with Crippen LogP contribution in [0.4, 0.5) is 0 Å². The first kappa shape index (κ1) is 16.2. The van der Waals surface area contributed by atoms with Crippen LogP contribution < -0.4 is 10.6 Å². The summed E-state index contributed by atoms with van der Waals surface area (Å²) in [4.78, 5) is 22.6. The van der Waals surface area contributed by atoms with Crippen LogP contribution in [0, 0.1) is 0 Å². The van der Waals surface area contributed by atoms with Gasteiger partial charge in [0.25, 0.3) is 0 Å². The molecule has 100 valence electrons. The standard InChI is InChI=1S/C10H20N2O4S/c1-7(14)11-9(6-17)10(15)12-8(3-4-13)5-16-2/h8-9,13,17H,3-6H2,1-2H3,(H,11,14)(H,12,15). The van der Waals surface area contributed by atoms with E-state index in [1.165, 1.54) is 14.0 Å². The van der Waals surface area contributed by atoms with Gasteiger partial charge in [0.05, 0.1) is 12.6 Å². The van der Waals surface area contributed by atoms with Gasteiger partial charge in [-0.1, -0.05) is 0 Å². The second kappa shape index (κ2) is 9.26. The van der Waals surface area contributed by atoms with Crippen LogP contribution in [0.3, 0.4) is 0 Å². The minimum atomic E-state index is -0.672. The lowest BCUT2D eigenvalue weighted by Crippen LogP contribution is -2.51. The maximum absolute atomic E-state index is 11.8. The Bertz CT molecular complexity index is 244. The number of carbonyl (C=O) groups excluding carboxylic acids is 2. The zero-order chi connectivity index (χ0) is 13.3. The number of ether oxygens (including phenoxy) is 1. The van der Waals surface area contributed by atoms with E-state index >= 15 is 0 Å². The summed E-state index contributed by atoms with van der Waals surface area (Å²) in [6.45, 7) is 1.61. The minimum absolute atomic E-state index is 0.0417. The molecule has 0 fully saturated rings. The maximum atomic E-state index is 11.8. The lowest BCUT2D eigenvalue weighted by atomic mass is 10.2. The van der Waals surface area contributed by atoms with Gasteiger partial charge >= 0.3 is 0 Å². The summed E-state index contributed by atoms with van der Waals surface area (Å²) in [5.41, 5.74) is 0. The predicted octanol–water partition coefficient (Wildman–Crippen LogP) is -1.07. The molecule has 0 aliphatic heterocycles. The maximum Gasteiger partial charge on any atom is 0.243 e. The first-order valence-corrected chi connectivity index (χ1v) is 5.96. The van der Waals surface area contributed by atoms with Gasteiger partial charge < -0.3 is 20.5 Å². The number of methoxy groups -OCH3 is 1. The number of hydrogen-bond acceptors (Lipinski definition) is 5. The number of thiol groups is 1. The fourth-order valence-electron chi connectivity index (χ4n) is 1.30. The minimum Gasteiger partial charge on any atom is -0.396 e. The summed E-state index contributed by atoms with van der Waals surface area (Å²) < 4.78 is 4.92. The third-order valence-corrected chi connectivity index (χ3v) is 2.43. The third kappa shape index (κ3) is 7.19. The Morgan fingerprint density at radius 3 is 2.47 bits per heavy atom. The van der Waals surface area contributed by atoms with Gasteiger partial charge in [-0.3, -0.25) is 9.59 Å². The van der Waals surface area contributed by atoms with Crippen molar-refractivity contribution < 1.29 is 19.4 Å². The van der Waals surface area contributed by atoms with E-state index in [0.29, 0.717) is 13.0 Å². The van der Waals surface area contributed by atoms with Crippen molar-refractivity contribution in [2.75, 3.05) is 26.1 Å². The zero-order valence-electron chi connectivity index (χ0n) is 10.1. The Hall–Kier alpha value is -0.790.